The van der Waals surface area contributed by atoms with Crippen molar-refractivity contribution in [3.8, 4) is 34.3 Å². The Morgan fingerprint density at radius 3 is 1.69 bits per heavy atom. The van der Waals surface area contributed by atoms with E-state index in [0.29, 0.717) is 11.3 Å². The van der Waals surface area contributed by atoms with Gasteiger partial charge in [-0.25, -0.2) is 4.85 Å². The molecule has 0 spiro atoms. The van der Waals surface area contributed by atoms with E-state index in [0.717, 1.165) is 72.1 Å². The highest BCUT2D eigenvalue weighted by molar-refractivity contribution is 6.16. The number of aromatic nitrogens is 3. The van der Waals surface area contributed by atoms with Gasteiger partial charge in [0.15, 0.2) is 5.69 Å². The third-order valence-electron chi connectivity index (χ3n) is 11.1. The van der Waals surface area contributed by atoms with Crippen molar-refractivity contribution < 1.29 is 0 Å². The van der Waals surface area contributed by atoms with Crippen LogP contribution in [0, 0.1) is 17.9 Å². The zero-order valence-corrected chi connectivity index (χ0v) is 29.5. The minimum atomic E-state index is 0.594. The predicted octanol–water partition coefficient (Wildman–Crippen LogP) is 13.1. The van der Waals surface area contributed by atoms with E-state index < -0.39 is 0 Å². The van der Waals surface area contributed by atoms with Gasteiger partial charge in [0.05, 0.1) is 51.5 Å². The Balaban J connectivity index is 1.17. The monoisotopic (exact) mass is 699 g/mol. The van der Waals surface area contributed by atoms with Gasteiger partial charge < -0.3 is 13.7 Å². The average molecular weight is 700 g/mol. The van der Waals surface area contributed by atoms with Crippen LogP contribution in [0.4, 0.5) is 5.69 Å². The lowest BCUT2D eigenvalue weighted by Gasteiger charge is -2.16. The molecule has 55 heavy (non-hydrogen) atoms. The summed E-state index contributed by atoms with van der Waals surface area (Å²) in [4.78, 5) is 3.87. The molecule has 0 saturated carbocycles. The van der Waals surface area contributed by atoms with E-state index in [2.05, 4.69) is 164 Å². The van der Waals surface area contributed by atoms with Crippen LogP contribution in [0.25, 0.3) is 98.5 Å². The van der Waals surface area contributed by atoms with Crippen LogP contribution in [0.1, 0.15) is 5.56 Å². The van der Waals surface area contributed by atoms with Crippen LogP contribution in [0.3, 0.4) is 0 Å². The maximum atomic E-state index is 10.5. The van der Waals surface area contributed by atoms with E-state index in [4.69, 9.17) is 6.57 Å². The smallest absolute Gasteiger partial charge is 0.197 e. The van der Waals surface area contributed by atoms with E-state index in [-0.39, 0.29) is 0 Å². The number of hydrogen-bond donors (Lipinski definition) is 0. The highest BCUT2D eigenvalue weighted by Crippen LogP contribution is 2.42. The first-order chi connectivity index (χ1) is 27.2. The van der Waals surface area contributed by atoms with Crippen LogP contribution >= 0.6 is 0 Å². The van der Waals surface area contributed by atoms with Crippen LogP contribution in [0.15, 0.2) is 176 Å². The van der Waals surface area contributed by atoms with Crippen molar-refractivity contribution in [3.63, 3.8) is 0 Å². The average Bonchev–Trinajstić information content (AvgIpc) is 3.89. The van der Waals surface area contributed by atoms with Crippen molar-refractivity contribution in [3.05, 3.63) is 193 Å². The molecule has 3 aromatic heterocycles. The summed E-state index contributed by atoms with van der Waals surface area (Å²) in [6.45, 7) is 7.90. The Labute approximate surface area is 316 Å². The fourth-order valence-corrected chi connectivity index (χ4v) is 8.82. The first-order valence-corrected chi connectivity index (χ1v) is 18.3. The van der Waals surface area contributed by atoms with Gasteiger partial charge >= 0.3 is 0 Å². The molecule has 5 nitrogen and oxygen atoms in total. The highest BCUT2D eigenvalue weighted by Gasteiger charge is 2.21. The standard InChI is InChI=1S/C50H29N5/c1-52-42-20-12-25-47-49(42)40-18-5-9-24-46(40)53(47)35-28-27-33(31-51)41(30-35)32-13-10-14-34(29-32)54-43-21-6-4-17-38(43)39-19-11-26-48(50(39)54)55-44-22-7-2-15-36(44)37-16-3-8-23-45(37)55/h2-30H. The molecular formula is C50H29N5. The lowest BCUT2D eigenvalue weighted by atomic mass is 9.99. The molecule has 11 rings (SSSR count). The van der Waals surface area contributed by atoms with Gasteiger partial charge in [-0.1, -0.05) is 109 Å². The molecule has 0 N–H and O–H groups in total. The van der Waals surface area contributed by atoms with E-state index in [1.165, 1.54) is 21.5 Å². The van der Waals surface area contributed by atoms with Gasteiger partial charge in [-0.15, -0.1) is 0 Å². The fourth-order valence-electron chi connectivity index (χ4n) is 8.82. The molecule has 0 aliphatic carbocycles. The minimum Gasteiger partial charge on any atom is -0.311 e. The molecule has 0 unspecified atom stereocenters. The second-order valence-electron chi connectivity index (χ2n) is 13.9. The number of fused-ring (bicyclic) bond motifs is 9. The Hall–Kier alpha value is -7.86. The van der Waals surface area contributed by atoms with Gasteiger partial charge in [-0.2, -0.15) is 5.26 Å². The van der Waals surface area contributed by atoms with Crippen LogP contribution in [0.5, 0.6) is 0 Å². The summed E-state index contributed by atoms with van der Waals surface area (Å²) in [6.07, 6.45) is 0. The van der Waals surface area contributed by atoms with Crippen LogP contribution in [0.2, 0.25) is 0 Å². The SMILES string of the molecule is [C-]#[N+]c1cccc2c1c1ccccc1n2-c1ccc(C#N)c(-c2cccc(-n3c4ccccc4c4cccc(-n5c6ccccc6c6ccccc65)c43)c2)c1. The summed E-state index contributed by atoms with van der Waals surface area (Å²) >= 11 is 0. The molecule has 0 amide bonds. The topological polar surface area (TPSA) is 42.9 Å². The first-order valence-electron chi connectivity index (χ1n) is 18.3. The van der Waals surface area contributed by atoms with Crippen molar-refractivity contribution in [1.29, 1.82) is 5.26 Å². The summed E-state index contributed by atoms with van der Waals surface area (Å²) in [5.41, 5.74) is 12.6. The Bertz CT molecular complexity index is 3420. The zero-order valence-electron chi connectivity index (χ0n) is 29.5. The molecule has 3 heterocycles. The number of para-hydroxylation sites is 5. The van der Waals surface area contributed by atoms with E-state index >= 15 is 0 Å². The van der Waals surface area contributed by atoms with Gasteiger partial charge in [-0.3, -0.25) is 0 Å². The predicted molar refractivity (Wildman–Crippen MR) is 226 cm³/mol. The van der Waals surface area contributed by atoms with Gasteiger partial charge in [0.1, 0.15) is 0 Å². The molecule has 5 heteroatoms. The van der Waals surface area contributed by atoms with Crippen LogP contribution < -0.4 is 0 Å². The lowest BCUT2D eigenvalue weighted by molar-refractivity contribution is 1.13. The van der Waals surface area contributed by atoms with Gasteiger partial charge in [0, 0.05) is 49.4 Å². The van der Waals surface area contributed by atoms with Crippen molar-refractivity contribution >= 4 is 71.1 Å². The Morgan fingerprint density at radius 1 is 0.455 bits per heavy atom. The van der Waals surface area contributed by atoms with Gasteiger partial charge in [0.25, 0.3) is 0 Å². The second-order valence-corrected chi connectivity index (χ2v) is 13.9. The summed E-state index contributed by atoms with van der Waals surface area (Å²) in [7, 11) is 0. The first kappa shape index (κ1) is 30.7. The fraction of sp³-hybridized carbons (Fsp3) is 0. The summed E-state index contributed by atoms with van der Waals surface area (Å²) < 4.78 is 6.98. The number of nitrogens with zero attached hydrogens (tertiary/aromatic N) is 5. The van der Waals surface area contributed by atoms with E-state index in [9.17, 15) is 5.26 Å². The van der Waals surface area contributed by atoms with Crippen molar-refractivity contribution in [1.82, 2.24) is 13.7 Å². The Kier molecular flexibility index (Phi) is 6.61. The minimum absolute atomic E-state index is 0.594. The maximum absolute atomic E-state index is 10.5. The molecule has 0 aliphatic heterocycles. The normalized spacial score (nSPS) is 11.6. The van der Waals surface area contributed by atoms with Gasteiger partial charge in [-0.05, 0) is 77.7 Å². The largest absolute Gasteiger partial charge is 0.311 e. The quantitative estimate of drug-likeness (QED) is 0.169. The summed E-state index contributed by atoms with van der Waals surface area (Å²) in [5.74, 6) is 0. The molecule has 11 aromatic rings. The zero-order chi connectivity index (χ0) is 36.6. The molecule has 0 atom stereocenters. The summed E-state index contributed by atoms with van der Waals surface area (Å²) in [5, 5.41) is 17.2. The molecule has 0 fully saturated rings. The van der Waals surface area contributed by atoms with Crippen molar-refractivity contribution in [2.75, 3.05) is 0 Å². The molecule has 0 bridgehead atoms. The van der Waals surface area contributed by atoms with Gasteiger partial charge in [0.2, 0.25) is 0 Å². The molecule has 0 saturated heterocycles. The summed E-state index contributed by atoms with van der Waals surface area (Å²) in [6, 6.07) is 63.6. The maximum Gasteiger partial charge on any atom is 0.197 e. The number of rotatable bonds is 4. The molecule has 0 aliphatic rings. The molecule has 8 aromatic carbocycles. The third-order valence-corrected chi connectivity index (χ3v) is 11.1. The van der Waals surface area contributed by atoms with Crippen molar-refractivity contribution in [2.24, 2.45) is 0 Å². The number of nitriles is 1. The second kappa shape index (κ2) is 11.8. The molecular weight excluding hydrogens is 671 g/mol. The number of benzene rings is 8. The van der Waals surface area contributed by atoms with E-state index in [1.807, 2.05) is 36.4 Å². The molecule has 0 radical (unpaired) electrons. The van der Waals surface area contributed by atoms with Crippen molar-refractivity contribution in [2.45, 2.75) is 0 Å². The third kappa shape index (κ3) is 4.39. The van der Waals surface area contributed by atoms with Crippen LogP contribution in [-0.2, 0) is 0 Å². The Morgan fingerprint density at radius 2 is 1.00 bits per heavy atom. The van der Waals surface area contributed by atoms with Crippen LogP contribution in [-0.4, -0.2) is 13.7 Å². The van der Waals surface area contributed by atoms with E-state index in [1.54, 1.807) is 0 Å². The highest BCUT2D eigenvalue weighted by atomic mass is 15.1. The molecule has 254 valence electrons. The lowest BCUT2D eigenvalue weighted by Crippen LogP contribution is -2.01. The number of hydrogen-bond acceptors (Lipinski definition) is 1.